The van der Waals surface area contributed by atoms with E-state index in [0.29, 0.717) is 0 Å². The normalized spacial score (nSPS) is 48.9. The van der Waals surface area contributed by atoms with E-state index in [2.05, 4.69) is 55.4 Å². The third-order valence-corrected chi connectivity index (χ3v) is 13.2. The summed E-state index contributed by atoms with van der Waals surface area (Å²) in [4.78, 5) is 0. The Hall–Kier alpha value is 0. The Morgan fingerprint density at radius 2 is 0.393 bits per heavy atom. The van der Waals surface area contributed by atoms with E-state index in [4.69, 9.17) is 0 Å². The minimum atomic E-state index is 0.724. The molecule has 0 aliphatic heterocycles. The highest BCUT2D eigenvalue weighted by Gasteiger charge is 2.91. The molecule has 0 heterocycles. The quantitative estimate of drug-likeness (QED) is 0.370. The standard InChI is InChI=1S/C28H48/c1-9-25(10-2)17-18(25)20-22(27(20,13-5)14-6)24-23(28(24,15-7)16-8)21-19(17)26(21,11-3)12-4/h17-24H,9-16H2,1-8H3. The van der Waals surface area contributed by atoms with Gasteiger partial charge >= 0.3 is 0 Å². The molecule has 160 valence electrons. The van der Waals surface area contributed by atoms with E-state index in [9.17, 15) is 0 Å². The van der Waals surface area contributed by atoms with Gasteiger partial charge in [0.1, 0.15) is 0 Å². The summed E-state index contributed by atoms with van der Waals surface area (Å²) in [6.45, 7) is 20.4. The van der Waals surface area contributed by atoms with Gasteiger partial charge in [-0.3, -0.25) is 0 Å². The molecule has 5 saturated carbocycles. The lowest BCUT2D eigenvalue weighted by Gasteiger charge is -2.17. The van der Waals surface area contributed by atoms with Gasteiger partial charge < -0.3 is 0 Å². The highest BCUT2D eigenvalue weighted by atomic mass is 15.0. The topological polar surface area (TPSA) is 0 Å². The summed E-state index contributed by atoms with van der Waals surface area (Å²) in [5, 5.41) is 0. The molecule has 0 aromatic heterocycles. The van der Waals surface area contributed by atoms with Crippen LogP contribution < -0.4 is 0 Å². The largest absolute Gasteiger partial charge is 0.0648 e. The maximum absolute atomic E-state index is 2.55. The van der Waals surface area contributed by atoms with Crippen molar-refractivity contribution in [3.8, 4) is 0 Å². The molecule has 28 heavy (non-hydrogen) atoms. The first-order chi connectivity index (χ1) is 13.5. The smallest absolute Gasteiger partial charge is 0.0234 e. The average molecular weight is 385 g/mol. The second kappa shape index (κ2) is 5.82. The van der Waals surface area contributed by atoms with Crippen LogP contribution in [0, 0.1) is 69.0 Å². The third kappa shape index (κ3) is 1.76. The number of rotatable bonds is 8. The summed E-state index contributed by atoms with van der Waals surface area (Å²) in [6.07, 6.45) is 11.7. The minimum absolute atomic E-state index is 0.724. The van der Waals surface area contributed by atoms with Crippen LogP contribution in [0.1, 0.15) is 107 Å². The minimum Gasteiger partial charge on any atom is -0.0648 e. The van der Waals surface area contributed by atoms with Crippen molar-refractivity contribution < 1.29 is 0 Å². The van der Waals surface area contributed by atoms with Crippen LogP contribution in [-0.4, -0.2) is 0 Å². The van der Waals surface area contributed by atoms with Crippen LogP contribution in [-0.2, 0) is 0 Å². The van der Waals surface area contributed by atoms with Gasteiger partial charge in [0, 0.05) is 0 Å². The van der Waals surface area contributed by atoms with Gasteiger partial charge in [-0.1, -0.05) is 55.4 Å². The Morgan fingerprint density at radius 1 is 0.286 bits per heavy atom. The number of hydrogen-bond donors (Lipinski definition) is 0. The Labute approximate surface area is 176 Å². The first-order valence-electron chi connectivity index (χ1n) is 13.5. The number of fused-ring (bicyclic) bond motifs is 8. The van der Waals surface area contributed by atoms with Gasteiger partial charge in [-0.2, -0.15) is 0 Å². The third-order valence-electron chi connectivity index (χ3n) is 13.2. The molecule has 0 amide bonds. The molecule has 0 N–H and O–H groups in total. The Bertz CT molecular complexity index is 458. The molecule has 0 radical (unpaired) electrons. The summed E-state index contributed by atoms with van der Waals surface area (Å²) in [5.74, 6) is 8.72. The van der Waals surface area contributed by atoms with Crippen LogP contribution in [0.25, 0.3) is 0 Å². The molecule has 0 bridgehead atoms. The van der Waals surface area contributed by atoms with Crippen molar-refractivity contribution in [2.45, 2.75) is 107 Å². The van der Waals surface area contributed by atoms with E-state index < -0.39 is 0 Å². The Morgan fingerprint density at radius 3 is 0.464 bits per heavy atom. The highest BCUT2D eigenvalue weighted by molar-refractivity contribution is 5.38. The molecule has 0 saturated heterocycles. The molecule has 5 rings (SSSR count). The van der Waals surface area contributed by atoms with Crippen molar-refractivity contribution >= 4 is 0 Å². The van der Waals surface area contributed by atoms with Crippen LogP contribution in [0.2, 0.25) is 0 Å². The predicted octanol–water partition coefficient (Wildman–Crippen LogP) is 8.21. The van der Waals surface area contributed by atoms with E-state index in [1.54, 1.807) is 0 Å². The lowest BCUT2D eigenvalue weighted by molar-refractivity contribution is 0.324. The van der Waals surface area contributed by atoms with Gasteiger partial charge in [0.15, 0.2) is 0 Å². The zero-order valence-corrected chi connectivity index (χ0v) is 20.3. The fourth-order valence-corrected chi connectivity index (χ4v) is 11.6. The molecule has 5 fully saturated rings. The molecule has 0 atom stereocenters. The van der Waals surface area contributed by atoms with Crippen molar-refractivity contribution in [2.24, 2.45) is 69.0 Å². The predicted molar refractivity (Wildman–Crippen MR) is 120 cm³/mol. The molecular weight excluding hydrogens is 336 g/mol. The Kier molecular flexibility index (Phi) is 4.14. The lowest BCUT2D eigenvalue weighted by atomic mass is 9.88. The fraction of sp³-hybridized carbons (Fsp3) is 1.00. The van der Waals surface area contributed by atoms with Crippen LogP contribution in [0.15, 0.2) is 0 Å². The van der Waals surface area contributed by atoms with E-state index >= 15 is 0 Å². The molecule has 0 heteroatoms. The van der Waals surface area contributed by atoms with Crippen molar-refractivity contribution in [1.82, 2.24) is 0 Å². The monoisotopic (exact) mass is 384 g/mol. The summed E-state index contributed by atoms with van der Waals surface area (Å²) in [6, 6.07) is 0. The molecule has 0 aromatic carbocycles. The molecule has 5 aliphatic rings. The van der Waals surface area contributed by atoms with E-state index in [1.165, 1.54) is 51.4 Å². The molecule has 0 unspecified atom stereocenters. The molecule has 0 aromatic rings. The summed E-state index contributed by atoms with van der Waals surface area (Å²) < 4.78 is 0. The maximum atomic E-state index is 2.55. The van der Waals surface area contributed by atoms with E-state index in [0.717, 1.165) is 69.0 Å². The first kappa shape index (κ1) is 19.9. The van der Waals surface area contributed by atoms with Crippen LogP contribution in [0.3, 0.4) is 0 Å². The summed E-state index contributed by atoms with van der Waals surface area (Å²) >= 11 is 0. The zero-order chi connectivity index (χ0) is 20.3. The summed E-state index contributed by atoms with van der Waals surface area (Å²) in [7, 11) is 0. The average Bonchev–Trinajstić information content (AvgIpc) is 3.63. The van der Waals surface area contributed by atoms with Crippen molar-refractivity contribution in [3.05, 3.63) is 0 Å². The molecule has 0 spiro atoms. The highest BCUT2D eigenvalue weighted by Crippen LogP contribution is 2.96. The van der Waals surface area contributed by atoms with Crippen molar-refractivity contribution in [1.29, 1.82) is 0 Å². The van der Waals surface area contributed by atoms with E-state index in [-0.39, 0.29) is 0 Å². The second-order valence-corrected chi connectivity index (χ2v) is 12.0. The first-order valence-corrected chi connectivity index (χ1v) is 13.5. The van der Waals surface area contributed by atoms with Gasteiger partial charge in [0.25, 0.3) is 0 Å². The van der Waals surface area contributed by atoms with Gasteiger partial charge in [-0.15, -0.1) is 0 Å². The SMILES string of the molecule is CCC1(CC)C2C1C1C(C3C(C4C2C4(CC)CC)C3(CC)CC)C1(CC)CC. The van der Waals surface area contributed by atoms with E-state index in [1.807, 2.05) is 0 Å². The van der Waals surface area contributed by atoms with Crippen molar-refractivity contribution in [3.63, 3.8) is 0 Å². The maximum Gasteiger partial charge on any atom is -0.0234 e. The van der Waals surface area contributed by atoms with Gasteiger partial charge in [0.05, 0.1) is 0 Å². The molecule has 5 aliphatic carbocycles. The van der Waals surface area contributed by atoms with Gasteiger partial charge in [-0.05, 0) is 120 Å². The molecular formula is C28H48. The van der Waals surface area contributed by atoms with Crippen molar-refractivity contribution in [2.75, 3.05) is 0 Å². The van der Waals surface area contributed by atoms with Crippen LogP contribution in [0.4, 0.5) is 0 Å². The zero-order valence-electron chi connectivity index (χ0n) is 20.3. The fourth-order valence-electron chi connectivity index (χ4n) is 11.6. The van der Waals surface area contributed by atoms with Gasteiger partial charge in [0.2, 0.25) is 0 Å². The number of hydrogen-bond acceptors (Lipinski definition) is 0. The second-order valence-electron chi connectivity index (χ2n) is 12.0. The Balaban J connectivity index is 1.63. The lowest BCUT2D eigenvalue weighted by Crippen LogP contribution is -2.08. The summed E-state index contributed by atoms with van der Waals surface area (Å²) in [5.41, 5.74) is 2.90. The van der Waals surface area contributed by atoms with Crippen LogP contribution in [0.5, 0.6) is 0 Å². The van der Waals surface area contributed by atoms with Crippen LogP contribution >= 0.6 is 0 Å². The molecule has 0 nitrogen and oxygen atoms in total. The van der Waals surface area contributed by atoms with Gasteiger partial charge in [-0.25, -0.2) is 0 Å².